The first-order valence-electron chi connectivity index (χ1n) is 10.1. The van der Waals surface area contributed by atoms with Crippen molar-refractivity contribution in [2.45, 2.75) is 31.2 Å². The molecule has 0 aromatic heterocycles. The molecular formula is C22H26ClFN2O4S. The molecule has 3 rings (SSSR count). The van der Waals surface area contributed by atoms with Gasteiger partial charge in [-0.15, -0.1) is 0 Å². The summed E-state index contributed by atoms with van der Waals surface area (Å²) in [5.74, 6) is -0.640. The highest BCUT2D eigenvalue weighted by atomic mass is 35.5. The van der Waals surface area contributed by atoms with Crippen molar-refractivity contribution in [2.24, 2.45) is 5.92 Å². The van der Waals surface area contributed by atoms with Gasteiger partial charge in [0.05, 0.1) is 22.4 Å². The summed E-state index contributed by atoms with van der Waals surface area (Å²) >= 11 is 6.16. The summed E-state index contributed by atoms with van der Waals surface area (Å²) in [4.78, 5) is 14.5. The van der Waals surface area contributed by atoms with Crippen LogP contribution >= 0.6 is 11.6 Å². The van der Waals surface area contributed by atoms with E-state index in [0.717, 1.165) is 0 Å². The Kier molecular flexibility index (Phi) is 7.56. The van der Waals surface area contributed by atoms with Gasteiger partial charge in [0, 0.05) is 32.2 Å². The molecule has 0 saturated carbocycles. The van der Waals surface area contributed by atoms with Crippen molar-refractivity contribution < 1.29 is 22.3 Å². The van der Waals surface area contributed by atoms with E-state index in [1.54, 1.807) is 25.2 Å². The quantitative estimate of drug-likeness (QED) is 0.617. The summed E-state index contributed by atoms with van der Waals surface area (Å²) in [6.45, 7) is 2.77. The smallest absolute Gasteiger partial charge is 0.243 e. The molecule has 0 spiro atoms. The lowest BCUT2D eigenvalue weighted by molar-refractivity contribution is -0.135. The van der Waals surface area contributed by atoms with E-state index in [1.165, 1.54) is 33.5 Å². The van der Waals surface area contributed by atoms with Gasteiger partial charge in [-0.1, -0.05) is 29.8 Å². The van der Waals surface area contributed by atoms with Gasteiger partial charge in [-0.05, 0) is 44.0 Å². The average Bonchev–Trinajstić information content (AvgIpc) is 2.76. The van der Waals surface area contributed by atoms with E-state index < -0.39 is 15.9 Å². The number of nitrogens with zero attached hydrogens (tertiary/aromatic N) is 2. The fraction of sp³-hybridized carbons (Fsp3) is 0.409. The van der Waals surface area contributed by atoms with Crippen LogP contribution in [0.4, 0.5) is 4.39 Å². The number of hydrogen-bond donors (Lipinski definition) is 0. The summed E-state index contributed by atoms with van der Waals surface area (Å²) in [7, 11) is -2.21. The maximum absolute atomic E-state index is 13.9. The fourth-order valence-corrected chi connectivity index (χ4v) is 5.55. The van der Waals surface area contributed by atoms with E-state index >= 15 is 0 Å². The largest absolute Gasteiger partial charge is 0.492 e. The molecule has 31 heavy (non-hydrogen) atoms. The lowest BCUT2D eigenvalue weighted by Gasteiger charge is -2.33. The first-order chi connectivity index (χ1) is 14.7. The lowest BCUT2D eigenvalue weighted by Crippen LogP contribution is -2.45. The number of amides is 1. The molecule has 0 bridgehead atoms. The molecule has 2 aromatic carbocycles. The van der Waals surface area contributed by atoms with E-state index in [1.807, 2.05) is 6.92 Å². The Labute approximate surface area is 187 Å². The predicted molar refractivity (Wildman–Crippen MR) is 117 cm³/mol. The summed E-state index contributed by atoms with van der Waals surface area (Å²) in [6.07, 6.45) is 1.14. The Morgan fingerprint density at radius 3 is 2.71 bits per heavy atom. The molecule has 168 valence electrons. The molecule has 6 nitrogen and oxygen atoms in total. The third-order valence-electron chi connectivity index (χ3n) is 5.32. The second-order valence-corrected chi connectivity index (χ2v) is 9.86. The van der Waals surface area contributed by atoms with Crippen molar-refractivity contribution in [1.82, 2.24) is 9.21 Å². The van der Waals surface area contributed by atoms with Crippen LogP contribution in [0.25, 0.3) is 0 Å². The Hall–Kier alpha value is -2.16. The Bertz CT molecular complexity index is 1050. The topological polar surface area (TPSA) is 66.9 Å². The molecule has 0 aliphatic carbocycles. The van der Waals surface area contributed by atoms with Gasteiger partial charge in [0.25, 0.3) is 0 Å². The molecule has 2 aromatic rings. The minimum absolute atomic E-state index is 0.0637. The maximum atomic E-state index is 13.9. The Morgan fingerprint density at radius 2 is 2.03 bits per heavy atom. The number of ether oxygens (including phenoxy) is 1. The van der Waals surface area contributed by atoms with Crippen molar-refractivity contribution in [2.75, 3.05) is 26.7 Å². The van der Waals surface area contributed by atoms with Crippen LogP contribution in [0.1, 0.15) is 25.3 Å². The number of carbonyl (C=O) groups excluding carboxylic acids is 1. The van der Waals surface area contributed by atoms with Crippen LogP contribution in [0.2, 0.25) is 5.02 Å². The predicted octanol–water partition coefficient (Wildman–Crippen LogP) is 3.94. The number of piperidine rings is 1. The SMILES string of the molecule is CCOc1ccc(S(=O)(=O)N2CCCC(C(=O)N(C)Cc3ccccc3F)C2)cc1Cl. The van der Waals surface area contributed by atoms with Crippen molar-refractivity contribution >= 4 is 27.5 Å². The van der Waals surface area contributed by atoms with Gasteiger partial charge in [-0.25, -0.2) is 12.8 Å². The first kappa shape index (κ1) is 23.5. The van der Waals surface area contributed by atoms with Crippen LogP contribution in [0.15, 0.2) is 47.4 Å². The molecule has 1 unspecified atom stereocenters. The highest BCUT2D eigenvalue weighted by molar-refractivity contribution is 7.89. The van der Waals surface area contributed by atoms with Crippen molar-refractivity contribution in [3.05, 3.63) is 58.9 Å². The number of rotatable bonds is 7. The third-order valence-corrected chi connectivity index (χ3v) is 7.47. The molecule has 0 radical (unpaired) electrons. The summed E-state index contributed by atoms with van der Waals surface area (Å²) < 4.78 is 46.9. The number of benzene rings is 2. The van der Waals surface area contributed by atoms with Gasteiger partial charge < -0.3 is 9.64 Å². The number of halogens is 2. The van der Waals surface area contributed by atoms with E-state index in [-0.39, 0.29) is 34.7 Å². The first-order valence-corrected chi connectivity index (χ1v) is 12.0. The van der Waals surface area contributed by atoms with Crippen LogP contribution < -0.4 is 4.74 Å². The summed E-state index contributed by atoms with van der Waals surface area (Å²) in [5, 5.41) is 0.220. The highest BCUT2D eigenvalue weighted by Gasteiger charge is 2.34. The number of hydrogen-bond acceptors (Lipinski definition) is 4. The molecular weight excluding hydrogens is 443 g/mol. The molecule has 1 saturated heterocycles. The van der Waals surface area contributed by atoms with E-state index in [2.05, 4.69) is 0 Å². The van der Waals surface area contributed by atoms with Crippen LogP contribution in [0.3, 0.4) is 0 Å². The fourth-order valence-electron chi connectivity index (χ4n) is 3.70. The van der Waals surface area contributed by atoms with Crippen LogP contribution in [0.5, 0.6) is 5.75 Å². The van der Waals surface area contributed by atoms with Gasteiger partial charge in [0.2, 0.25) is 15.9 Å². The van der Waals surface area contributed by atoms with Crippen LogP contribution in [-0.2, 0) is 21.4 Å². The number of sulfonamides is 1. The van der Waals surface area contributed by atoms with E-state index in [4.69, 9.17) is 16.3 Å². The highest BCUT2D eigenvalue weighted by Crippen LogP contribution is 2.31. The second kappa shape index (κ2) is 9.97. The minimum Gasteiger partial charge on any atom is -0.492 e. The van der Waals surface area contributed by atoms with Crippen molar-refractivity contribution in [3.8, 4) is 5.75 Å². The van der Waals surface area contributed by atoms with Crippen molar-refractivity contribution in [1.29, 1.82) is 0 Å². The maximum Gasteiger partial charge on any atom is 0.243 e. The zero-order chi connectivity index (χ0) is 22.6. The van der Waals surface area contributed by atoms with E-state index in [0.29, 0.717) is 37.3 Å². The van der Waals surface area contributed by atoms with Crippen molar-refractivity contribution in [3.63, 3.8) is 0 Å². The standard InChI is InChI=1S/C22H26ClFN2O4S/c1-3-30-21-11-10-18(13-19(21)23)31(28,29)26-12-6-8-17(15-26)22(27)25(2)14-16-7-4-5-9-20(16)24/h4-5,7,9-11,13,17H,3,6,8,12,14-15H2,1-2H3. The molecule has 1 heterocycles. The van der Waals surface area contributed by atoms with Gasteiger partial charge in [-0.3, -0.25) is 4.79 Å². The van der Waals surface area contributed by atoms with E-state index in [9.17, 15) is 17.6 Å². The van der Waals surface area contributed by atoms with Gasteiger partial charge in [-0.2, -0.15) is 4.31 Å². The molecule has 1 aliphatic heterocycles. The number of carbonyl (C=O) groups is 1. The monoisotopic (exact) mass is 468 g/mol. The summed E-state index contributed by atoms with van der Waals surface area (Å²) in [5.41, 5.74) is 0.419. The van der Waals surface area contributed by atoms with Gasteiger partial charge in [0.1, 0.15) is 11.6 Å². The average molecular weight is 469 g/mol. The zero-order valence-corrected chi connectivity index (χ0v) is 19.1. The second-order valence-electron chi connectivity index (χ2n) is 7.51. The van der Waals surface area contributed by atoms with Gasteiger partial charge >= 0.3 is 0 Å². The van der Waals surface area contributed by atoms with Gasteiger partial charge in [0.15, 0.2) is 0 Å². The Morgan fingerprint density at radius 1 is 1.29 bits per heavy atom. The summed E-state index contributed by atoms with van der Waals surface area (Å²) in [6, 6.07) is 10.7. The molecule has 0 N–H and O–H groups in total. The molecule has 9 heteroatoms. The molecule has 1 aliphatic rings. The van der Waals surface area contributed by atoms with Crippen LogP contribution in [-0.4, -0.2) is 50.3 Å². The molecule has 1 amide bonds. The zero-order valence-electron chi connectivity index (χ0n) is 17.6. The Balaban J connectivity index is 1.72. The third kappa shape index (κ3) is 5.37. The lowest BCUT2D eigenvalue weighted by atomic mass is 9.98. The molecule has 1 atom stereocenters. The molecule has 1 fully saturated rings. The van der Waals surface area contributed by atoms with Crippen LogP contribution in [0, 0.1) is 11.7 Å². The normalized spacial score (nSPS) is 17.4. The minimum atomic E-state index is -3.81.